The third-order valence-electron chi connectivity index (χ3n) is 3.23. The highest BCUT2D eigenvalue weighted by atomic mass is 16.1. The second kappa shape index (κ2) is 6.98. The second-order valence-electron chi connectivity index (χ2n) is 5.14. The second-order valence-corrected chi connectivity index (χ2v) is 5.14. The summed E-state index contributed by atoms with van der Waals surface area (Å²) in [5, 5.41) is 5.86. The Morgan fingerprint density at radius 3 is 2.26 bits per heavy atom. The molecule has 3 heteroatoms. The van der Waals surface area contributed by atoms with Crippen molar-refractivity contribution in [2.75, 3.05) is 7.05 Å². The van der Waals surface area contributed by atoms with Gasteiger partial charge in [0.05, 0.1) is 12.5 Å². The predicted molar refractivity (Wildman–Crippen MR) is 80.0 cm³/mol. The van der Waals surface area contributed by atoms with E-state index < -0.39 is 0 Å². The van der Waals surface area contributed by atoms with Crippen LogP contribution < -0.4 is 10.6 Å². The standard InChI is InChI=1S/C16H24N2O/c1-11(2)15-8-6-14(7-9-15)10-16(19)18-13(4)12(3)17-5/h6-9,11,13,17H,3,10H2,1-2,4-5H3,(H,18,19)/t13-/m1/s1. The lowest BCUT2D eigenvalue weighted by atomic mass is 10.0. The molecule has 0 aliphatic heterocycles. The first-order valence-electron chi connectivity index (χ1n) is 6.68. The molecule has 1 atom stereocenters. The van der Waals surface area contributed by atoms with Gasteiger partial charge in [-0.2, -0.15) is 0 Å². The lowest BCUT2D eigenvalue weighted by molar-refractivity contribution is -0.120. The molecule has 0 radical (unpaired) electrons. The Balaban J connectivity index is 2.55. The molecule has 1 amide bonds. The van der Waals surface area contributed by atoms with Crippen molar-refractivity contribution in [1.29, 1.82) is 0 Å². The molecule has 0 aliphatic rings. The fourth-order valence-corrected chi connectivity index (χ4v) is 1.80. The zero-order valence-electron chi connectivity index (χ0n) is 12.3. The quantitative estimate of drug-likeness (QED) is 0.825. The molecule has 0 bridgehead atoms. The number of rotatable bonds is 6. The third kappa shape index (κ3) is 4.78. The Morgan fingerprint density at radius 1 is 1.21 bits per heavy atom. The van der Waals surface area contributed by atoms with Crippen LogP contribution in [0.25, 0.3) is 0 Å². The van der Waals surface area contributed by atoms with Gasteiger partial charge < -0.3 is 10.6 Å². The molecule has 0 fully saturated rings. The van der Waals surface area contributed by atoms with Crippen molar-refractivity contribution in [3.05, 3.63) is 47.7 Å². The van der Waals surface area contributed by atoms with Crippen LogP contribution in [0.4, 0.5) is 0 Å². The van der Waals surface area contributed by atoms with Crippen LogP contribution in [0.1, 0.15) is 37.8 Å². The number of likely N-dealkylation sites (N-methyl/N-ethyl adjacent to an activating group) is 1. The molecule has 0 saturated carbocycles. The molecular weight excluding hydrogens is 236 g/mol. The van der Waals surface area contributed by atoms with Gasteiger partial charge in [-0.15, -0.1) is 0 Å². The maximum Gasteiger partial charge on any atom is 0.224 e. The van der Waals surface area contributed by atoms with E-state index in [1.807, 2.05) is 19.1 Å². The molecule has 104 valence electrons. The predicted octanol–water partition coefficient (Wildman–Crippen LogP) is 2.59. The minimum Gasteiger partial charge on any atom is -0.390 e. The highest BCUT2D eigenvalue weighted by molar-refractivity contribution is 5.79. The van der Waals surface area contributed by atoms with Crippen molar-refractivity contribution in [3.8, 4) is 0 Å². The normalized spacial score (nSPS) is 12.1. The van der Waals surface area contributed by atoms with Crippen LogP contribution in [0, 0.1) is 0 Å². The summed E-state index contributed by atoms with van der Waals surface area (Å²) in [6.07, 6.45) is 0.402. The summed E-state index contributed by atoms with van der Waals surface area (Å²) in [6.45, 7) is 10.1. The number of amides is 1. The van der Waals surface area contributed by atoms with Gasteiger partial charge in [-0.25, -0.2) is 0 Å². The van der Waals surface area contributed by atoms with Crippen molar-refractivity contribution < 1.29 is 4.79 Å². The Kier molecular flexibility index (Phi) is 5.61. The molecule has 2 N–H and O–H groups in total. The van der Waals surface area contributed by atoms with Gasteiger partial charge in [0.1, 0.15) is 0 Å². The third-order valence-corrected chi connectivity index (χ3v) is 3.23. The average molecular weight is 260 g/mol. The van der Waals surface area contributed by atoms with Crippen molar-refractivity contribution in [2.24, 2.45) is 0 Å². The molecular formula is C16H24N2O. The molecule has 3 nitrogen and oxygen atoms in total. The minimum absolute atomic E-state index is 0.0150. The van der Waals surface area contributed by atoms with Crippen LogP contribution >= 0.6 is 0 Å². The molecule has 0 aromatic heterocycles. The van der Waals surface area contributed by atoms with E-state index in [9.17, 15) is 4.79 Å². The number of hydrogen-bond donors (Lipinski definition) is 2. The lowest BCUT2D eigenvalue weighted by Gasteiger charge is -2.16. The summed E-state index contributed by atoms with van der Waals surface area (Å²) in [5.74, 6) is 0.531. The Hall–Kier alpha value is -1.77. The first-order valence-corrected chi connectivity index (χ1v) is 6.68. The maximum absolute atomic E-state index is 11.9. The van der Waals surface area contributed by atoms with Crippen LogP contribution in [-0.2, 0) is 11.2 Å². The van der Waals surface area contributed by atoms with Gasteiger partial charge in [-0.05, 0) is 24.0 Å². The van der Waals surface area contributed by atoms with E-state index in [2.05, 4.69) is 43.2 Å². The van der Waals surface area contributed by atoms with Crippen molar-refractivity contribution in [3.63, 3.8) is 0 Å². The van der Waals surface area contributed by atoms with E-state index in [1.165, 1.54) is 5.56 Å². The molecule has 0 spiro atoms. The highest BCUT2D eigenvalue weighted by Crippen LogP contribution is 2.14. The van der Waals surface area contributed by atoms with Gasteiger partial charge in [0.25, 0.3) is 0 Å². The van der Waals surface area contributed by atoms with Crippen LogP contribution in [0.15, 0.2) is 36.5 Å². The van der Waals surface area contributed by atoms with Gasteiger partial charge >= 0.3 is 0 Å². The van der Waals surface area contributed by atoms with Gasteiger partial charge in [0, 0.05) is 12.7 Å². The van der Waals surface area contributed by atoms with E-state index in [4.69, 9.17) is 0 Å². The van der Waals surface area contributed by atoms with E-state index >= 15 is 0 Å². The first kappa shape index (κ1) is 15.3. The van der Waals surface area contributed by atoms with E-state index in [0.717, 1.165) is 11.3 Å². The summed E-state index contributed by atoms with van der Waals surface area (Å²) in [7, 11) is 1.80. The Labute approximate surface area is 116 Å². The molecule has 0 aliphatic carbocycles. The number of benzene rings is 1. The van der Waals surface area contributed by atoms with Gasteiger partial charge in [-0.1, -0.05) is 44.7 Å². The summed E-state index contributed by atoms with van der Waals surface area (Å²) in [6, 6.07) is 8.15. The molecule has 19 heavy (non-hydrogen) atoms. The van der Waals surface area contributed by atoms with Crippen LogP contribution in [0.2, 0.25) is 0 Å². The largest absolute Gasteiger partial charge is 0.390 e. The molecule has 1 rings (SSSR count). The molecule has 0 saturated heterocycles. The summed E-state index contributed by atoms with van der Waals surface area (Å²) in [5.41, 5.74) is 3.13. The fraction of sp³-hybridized carbons (Fsp3) is 0.438. The SMILES string of the molecule is C=C(NC)[C@@H](C)NC(=O)Cc1ccc(C(C)C)cc1. The van der Waals surface area contributed by atoms with Gasteiger partial charge in [0.15, 0.2) is 0 Å². The minimum atomic E-state index is -0.0626. The Morgan fingerprint density at radius 2 is 1.79 bits per heavy atom. The summed E-state index contributed by atoms with van der Waals surface area (Å²) < 4.78 is 0. The number of carbonyl (C=O) groups is 1. The smallest absolute Gasteiger partial charge is 0.224 e. The molecule has 1 aromatic carbocycles. The fourth-order valence-electron chi connectivity index (χ4n) is 1.80. The monoisotopic (exact) mass is 260 g/mol. The first-order chi connectivity index (χ1) is 8.93. The molecule has 0 heterocycles. The highest BCUT2D eigenvalue weighted by Gasteiger charge is 2.10. The van der Waals surface area contributed by atoms with Gasteiger partial charge in [0.2, 0.25) is 5.91 Å². The zero-order valence-corrected chi connectivity index (χ0v) is 12.3. The van der Waals surface area contributed by atoms with Crippen LogP contribution in [0.3, 0.4) is 0 Å². The molecule has 0 unspecified atom stereocenters. The molecule has 1 aromatic rings. The van der Waals surface area contributed by atoms with E-state index in [1.54, 1.807) is 7.05 Å². The topological polar surface area (TPSA) is 41.1 Å². The number of nitrogens with one attached hydrogen (secondary N) is 2. The Bertz CT molecular complexity index is 435. The summed E-state index contributed by atoms with van der Waals surface area (Å²) >= 11 is 0. The van der Waals surface area contributed by atoms with Crippen molar-refractivity contribution >= 4 is 5.91 Å². The van der Waals surface area contributed by atoms with Crippen LogP contribution in [-0.4, -0.2) is 19.0 Å². The summed E-state index contributed by atoms with van der Waals surface area (Å²) in [4.78, 5) is 11.9. The number of carbonyl (C=O) groups excluding carboxylic acids is 1. The lowest BCUT2D eigenvalue weighted by Crippen LogP contribution is -2.37. The zero-order chi connectivity index (χ0) is 14.4. The maximum atomic E-state index is 11.9. The average Bonchev–Trinajstić information content (AvgIpc) is 2.38. The van der Waals surface area contributed by atoms with Crippen LogP contribution in [0.5, 0.6) is 0 Å². The van der Waals surface area contributed by atoms with Gasteiger partial charge in [-0.3, -0.25) is 4.79 Å². The van der Waals surface area contributed by atoms with E-state index in [-0.39, 0.29) is 11.9 Å². The van der Waals surface area contributed by atoms with Crippen molar-refractivity contribution in [1.82, 2.24) is 10.6 Å². The number of hydrogen-bond acceptors (Lipinski definition) is 2. The van der Waals surface area contributed by atoms with E-state index in [0.29, 0.717) is 12.3 Å². The van der Waals surface area contributed by atoms with Crippen molar-refractivity contribution in [2.45, 2.75) is 39.2 Å².